The van der Waals surface area contributed by atoms with Crippen LogP contribution in [0.25, 0.3) is 0 Å². The third-order valence-corrected chi connectivity index (χ3v) is 6.96. The van der Waals surface area contributed by atoms with E-state index in [0.717, 1.165) is 23.3 Å². The summed E-state index contributed by atoms with van der Waals surface area (Å²) in [5.74, 6) is 2.36. The number of imide groups is 1. The van der Waals surface area contributed by atoms with Crippen molar-refractivity contribution >= 4 is 17.5 Å². The van der Waals surface area contributed by atoms with Gasteiger partial charge >= 0.3 is 0 Å². The molecule has 1 aromatic carbocycles. The SMILES string of the molecule is Cc1ccc(N2C(=O)C[C@H](NC34CC5CC(CC(C5)C3)C4)C2=O)cc1. The van der Waals surface area contributed by atoms with Gasteiger partial charge in [-0.2, -0.15) is 0 Å². The highest BCUT2D eigenvalue weighted by Gasteiger charge is 2.53. The van der Waals surface area contributed by atoms with Crippen LogP contribution in [0, 0.1) is 24.7 Å². The average Bonchev–Trinajstić information content (AvgIpc) is 2.80. The molecule has 2 amide bonds. The Balaban J connectivity index is 1.36. The maximum Gasteiger partial charge on any atom is 0.251 e. The summed E-state index contributed by atoms with van der Waals surface area (Å²) in [7, 11) is 0. The first-order valence-corrected chi connectivity index (χ1v) is 9.72. The molecule has 4 heteroatoms. The van der Waals surface area contributed by atoms with Gasteiger partial charge in [0.25, 0.3) is 5.91 Å². The smallest absolute Gasteiger partial charge is 0.251 e. The van der Waals surface area contributed by atoms with Crippen molar-refractivity contribution in [1.82, 2.24) is 5.32 Å². The van der Waals surface area contributed by atoms with E-state index in [1.165, 1.54) is 43.4 Å². The summed E-state index contributed by atoms with van der Waals surface area (Å²) >= 11 is 0. The van der Waals surface area contributed by atoms with Gasteiger partial charge in [0.2, 0.25) is 5.91 Å². The van der Waals surface area contributed by atoms with E-state index >= 15 is 0 Å². The second-order valence-electron chi connectivity index (χ2n) is 9.00. The Morgan fingerprint density at radius 2 is 1.52 bits per heavy atom. The van der Waals surface area contributed by atoms with E-state index in [1.807, 2.05) is 31.2 Å². The molecule has 6 rings (SSSR count). The van der Waals surface area contributed by atoms with Crippen molar-refractivity contribution in [2.75, 3.05) is 4.90 Å². The second kappa shape index (κ2) is 5.41. The molecule has 1 aromatic rings. The zero-order valence-electron chi connectivity index (χ0n) is 14.8. The fourth-order valence-electron chi connectivity index (χ4n) is 6.37. The lowest BCUT2D eigenvalue weighted by Crippen LogP contribution is -2.61. The van der Waals surface area contributed by atoms with E-state index in [0.29, 0.717) is 12.1 Å². The monoisotopic (exact) mass is 338 g/mol. The van der Waals surface area contributed by atoms with Gasteiger partial charge in [-0.3, -0.25) is 14.9 Å². The summed E-state index contributed by atoms with van der Waals surface area (Å²) in [6.45, 7) is 2.01. The van der Waals surface area contributed by atoms with Crippen LogP contribution in [-0.2, 0) is 9.59 Å². The van der Waals surface area contributed by atoms with E-state index in [4.69, 9.17) is 0 Å². The van der Waals surface area contributed by atoms with E-state index in [1.54, 1.807) is 0 Å². The number of rotatable bonds is 3. The molecule has 1 heterocycles. The molecule has 0 aromatic heterocycles. The Morgan fingerprint density at radius 1 is 0.960 bits per heavy atom. The summed E-state index contributed by atoms with van der Waals surface area (Å²) in [4.78, 5) is 26.9. The van der Waals surface area contributed by atoms with Crippen molar-refractivity contribution < 1.29 is 9.59 Å². The van der Waals surface area contributed by atoms with Crippen LogP contribution in [-0.4, -0.2) is 23.4 Å². The predicted molar refractivity (Wildman–Crippen MR) is 96.1 cm³/mol. The van der Waals surface area contributed by atoms with Crippen LogP contribution in [0.5, 0.6) is 0 Å². The minimum absolute atomic E-state index is 0.0652. The Labute approximate surface area is 149 Å². The summed E-state index contributed by atoms with van der Waals surface area (Å²) in [5, 5.41) is 3.70. The Hall–Kier alpha value is -1.68. The highest BCUT2D eigenvalue weighted by molar-refractivity contribution is 6.22. The molecular weight excluding hydrogens is 312 g/mol. The first kappa shape index (κ1) is 15.6. The number of amides is 2. The van der Waals surface area contributed by atoms with Crippen molar-refractivity contribution in [3.05, 3.63) is 29.8 Å². The van der Waals surface area contributed by atoms with Gasteiger partial charge in [0.05, 0.1) is 18.2 Å². The van der Waals surface area contributed by atoms with E-state index in [2.05, 4.69) is 5.32 Å². The molecule has 5 aliphatic rings. The number of hydrogen-bond donors (Lipinski definition) is 1. The zero-order valence-corrected chi connectivity index (χ0v) is 14.8. The molecule has 5 fully saturated rings. The van der Waals surface area contributed by atoms with E-state index < -0.39 is 0 Å². The van der Waals surface area contributed by atoms with Crippen LogP contribution >= 0.6 is 0 Å². The van der Waals surface area contributed by atoms with Gasteiger partial charge in [0, 0.05) is 5.54 Å². The third kappa shape index (κ3) is 2.53. The number of hydrogen-bond acceptors (Lipinski definition) is 3. The van der Waals surface area contributed by atoms with Gasteiger partial charge in [-0.15, -0.1) is 0 Å². The fourth-order valence-corrected chi connectivity index (χ4v) is 6.37. The maximum absolute atomic E-state index is 13.0. The van der Waals surface area contributed by atoms with Gasteiger partial charge in [0.1, 0.15) is 0 Å². The van der Waals surface area contributed by atoms with Crippen molar-refractivity contribution in [3.8, 4) is 0 Å². The number of nitrogens with zero attached hydrogens (tertiary/aromatic N) is 1. The van der Waals surface area contributed by atoms with Gasteiger partial charge in [-0.1, -0.05) is 17.7 Å². The zero-order chi connectivity index (χ0) is 17.2. The van der Waals surface area contributed by atoms with Crippen LogP contribution < -0.4 is 10.2 Å². The molecule has 0 radical (unpaired) electrons. The Kier molecular flexibility index (Phi) is 3.37. The fraction of sp³-hybridized carbons (Fsp3) is 0.619. The molecule has 25 heavy (non-hydrogen) atoms. The molecular formula is C21H26N2O2. The molecule has 0 unspecified atom stereocenters. The molecule has 1 saturated heterocycles. The maximum atomic E-state index is 13.0. The first-order chi connectivity index (χ1) is 12.0. The van der Waals surface area contributed by atoms with Gasteiger partial charge in [-0.25, -0.2) is 4.90 Å². The minimum atomic E-state index is -0.343. The largest absolute Gasteiger partial charge is 0.300 e. The first-order valence-electron chi connectivity index (χ1n) is 9.72. The summed E-state index contributed by atoms with van der Waals surface area (Å²) in [6, 6.07) is 7.31. The van der Waals surface area contributed by atoms with Crippen LogP contribution in [0.1, 0.15) is 50.5 Å². The molecule has 4 nitrogen and oxygen atoms in total. The molecule has 4 bridgehead atoms. The van der Waals surface area contributed by atoms with Crippen LogP contribution in [0.3, 0.4) is 0 Å². The number of aryl methyl sites for hydroxylation is 1. The van der Waals surface area contributed by atoms with Gasteiger partial charge < -0.3 is 0 Å². The molecule has 132 valence electrons. The van der Waals surface area contributed by atoms with Gasteiger partial charge in [-0.05, 0) is 75.3 Å². The number of carbonyl (C=O) groups excluding carboxylic acids is 2. The standard InChI is InChI=1S/C21H26N2O2/c1-13-2-4-17(5-3-13)23-19(24)9-18(20(23)25)22-21-10-14-6-15(11-21)8-16(7-14)12-21/h2-5,14-16,18,22H,6-12H2,1H3/t14?,15?,16?,18-,21?/m0/s1. The average molecular weight is 338 g/mol. The third-order valence-electron chi connectivity index (χ3n) is 6.96. The highest BCUT2D eigenvalue weighted by atomic mass is 16.2. The summed E-state index contributed by atoms with van der Waals surface area (Å²) < 4.78 is 0. The van der Waals surface area contributed by atoms with Crippen molar-refractivity contribution in [2.45, 2.75) is 63.5 Å². The Morgan fingerprint density at radius 3 is 2.08 bits per heavy atom. The summed E-state index contributed by atoms with van der Waals surface area (Å²) in [5.41, 5.74) is 1.94. The lowest BCUT2D eigenvalue weighted by Gasteiger charge is -2.57. The predicted octanol–water partition coefficient (Wildman–Crippen LogP) is 3.19. The van der Waals surface area contributed by atoms with Crippen LogP contribution in [0.2, 0.25) is 0 Å². The second-order valence-corrected chi connectivity index (χ2v) is 9.00. The van der Waals surface area contributed by atoms with Crippen LogP contribution in [0.15, 0.2) is 24.3 Å². The molecule has 4 saturated carbocycles. The highest BCUT2D eigenvalue weighted by Crippen LogP contribution is 2.55. The number of nitrogens with one attached hydrogen (secondary N) is 1. The van der Waals surface area contributed by atoms with E-state index in [-0.39, 0.29) is 23.4 Å². The normalized spacial score (nSPS) is 39.5. The molecule has 1 N–H and O–H groups in total. The topological polar surface area (TPSA) is 49.4 Å². The lowest BCUT2D eigenvalue weighted by atomic mass is 9.53. The van der Waals surface area contributed by atoms with Crippen molar-refractivity contribution in [2.24, 2.45) is 17.8 Å². The van der Waals surface area contributed by atoms with E-state index in [9.17, 15) is 9.59 Å². The number of benzene rings is 1. The van der Waals surface area contributed by atoms with Crippen molar-refractivity contribution in [3.63, 3.8) is 0 Å². The lowest BCUT2D eigenvalue weighted by molar-refractivity contribution is -0.122. The van der Waals surface area contributed by atoms with Crippen LogP contribution in [0.4, 0.5) is 5.69 Å². The van der Waals surface area contributed by atoms with Gasteiger partial charge in [0.15, 0.2) is 0 Å². The number of carbonyl (C=O) groups is 2. The molecule has 1 atom stereocenters. The van der Waals surface area contributed by atoms with Crippen molar-refractivity contribution in [1.29, 1.82) is 0 Å². The minimum Gasteiger partial charge on any atom is -0.300 e. The quantitative estimate of drug-likeness (QED) is 0.861. The molecule has 4 aliphatic carbocycles. The summed E-state index contributed by atoms with van der Waals surface area (Å²) in [6.07, 6.45) is 8.04. The molecule has 1 aliphatic heterocycles. The molecule has 0 spiro atoms. The number of anilines is 1. The Bertz CT molecular complexity index is 689.